The molecule has 0 aromatic carbocycles. The van der Waals surface area contributed by atoms with E-state index in [9.17, 15) is 4.79 Å². The van der Waals surface area contributed by atoms with Crippen molar-refractivity contribution in [1.29, 1.82) is 0 Å². The first-order chi connectivity index (χ1) is 8.75. The second kappa shape index (κ2) is 5.88. The molecular formula is C13H12N2O3. The van der Waals surface area contributed by atoms with Gasteiger partial charge in [-0.05, 0) is 24.3 Å². The van der Waals surface area contributed by atoms with Crippen LogP contribution in [0.25, 0.3) is 0 Å². The molecule has 0 aliphatic heterocycles. The van der Waals surface area contributed by atoms with Crippen molar-refractivity contribution in [3.8, 4) is 0 Å². The summed E-state index contributed by atoms with van der Waals surface area (Å²) in [4.78, 5) is 18.8. The summed E-state index contributed by atoms with van der Waals surface area (Å²) in [6.45, 7) is 0.736. The van der Waals surface area contributed by atoms with Gasteiger partial charge in [-0.15, -0.1) is 0 Å². The van der Waals surface area contributed by atoms with E-state index in [0.29, 0.717) is 18.9 Å². The van der Waals surface area contributed by atoms with Crippen molar-refractivity contribution in [2.75, 3.05) is 0 Å². The third-order valence-electron chi connectivity index (χ3n) is 2.30. The summed E-state index contributed by atoms with van der Waals surface area (Å²) in [5, 5.41) is 8.72. The fourth-order valence-electron chi connectivity index (χ4n) is 1.38. The van der Waals surface area contributed by atoms with Crippen LogP contribution in [0.5, 0.6) is 0 Å². The van der Waals surface area contributed by atoms with Gasteiger partial charge < -0.3 is 9.84 Å². The fourth-order valence-corrected chi connectivity index (χ4v) is 1.38. The van der Waals surface area contributed by atoms with Crippen LogP contribution in [0.3, 0.4) is 0 Å². The van der Waals surface area contributed by atoms with E-state index in [0.717, 1.165) is 5.69 Å². The molecule has 18 heavy (non-hydrogen) atoms. The van der Waals surface area contributed by atoms with E-state index in [1.165, 1.54) is 12.3 Å². The van der Waals surface area contributed by atoms with Gasteiger partial charge >= 0.3 is 5.97 Å². The fraction of sp³-hybridized carbons (Fsp3) is 0.154. The second-order valence-electron chi connectivity index (χ2n) is 3.66. The molecule has 0 atom stereocenters. The van der Waals surface area contributed by atoms with Crippen LogP contribution in [0, 0.1) is 0 Å². The molecule has 2 aromatic rings. The van der Waals surface area contributed by atoms with Crippen LogP contribution in [-0.2, 0) is 18.0 Å². The number of pyridine rings is 2. The largest absolute Gasteiger partial charge is 0.478 e. The maximum Gasteiger partial charge on any atom is 0.337 e. The van der Waals surface area contributed by atoms with E-state index in [4.69, 9.17) is 9.84 Å². The highest BCUT2D eigenvalue weighted by Gasteiger charge is 2.03. The standard InChI is InChI=1S/C13H12N2O3/c16-13(17)10-4-5-12(15-7-10)9-18-8-11-3-1-2-6-14-11/h1-7H,8-9H2,(H,16,17). The Balaban J connectivity index is 1.85. The van der Waals surface area contributed by atoms with Crippen molar-refractivity contribution < 1.29 is 14.6 Å². The van der Waals surface area contributed by atoms with E-state index >= 15 is 0 Å². The highest BCUT2D eigenvalue weighted by molar-refractivity contribution is 5.87. The van der Waals surface area contributed by atoms with Gasteiger partial charge in [-0.3, -0.25) is 9.97 Å². The monoisotopic (exact) mass is 244 g/mol. The molecule has 2 rings (SSSR count). The molecule has 0 spiro atoms. The summed E-state index contributed by atoms with van der Waals surface area (Å²) in [5.74, 6) is -0.983. The number of carboxylic acid groups (broad SMARTS) is 1. The Bertz CT molecular complexity index is 512. The number of hydrogen-bond donors (Lipinski definition) is 1. The molecule has 0 saturated carbocycles. The van der Waals surface area contributed by atoms with Gasteiger partial charge in [0, 0.05) is 12.4 Å². The number of aromatic carboxylic acids is 1. The first-order valence-electron chi connectivity index (χ1n) is 5.41. The SMILES string of the molecule is O=C(O)c1ccc(COCc2ccccn2)nc1. The van der Waals surface area contributed by atoms with Crippen LogP contribution < -0.4 is 0 Å². The third-order valence-corrected chi connectivity index (χ3v) is 2.30. The van der Waals surface area contributed by atoms with Gasteiger partial charge in [-0.25, -0.2) is 4.79 Å². The Labute approximate surface area is 104 Å². The van der Waals surface area contributed by atoms with Crippen LogP contribution in [0.1, 0.15) is 21.7 Å². The van der Waals surface area contributed by atoms with Crippen LogP contribution in [0.4, 0.5) is 0 Å². The predicted octanol–water partition coefficient (Wildman–Crippen LogP) is 1.89. The number of carboxylic acids is 1. The summed E-state index contributed by atoms with van der Waals surface area (Å²) in [5.41, 5.74) is 1.71. The first kappa shape index (κ1) is 12.2. The highest BCUT2D eigenvalue weighted by Crippen LogP contribution is 2.04. The summed E-state index contributed by atoms with van der Waals surface area (Å²) >= 11 is 0. The number of hydrogen-bond acceptors (Lipinski definition) is 4. The Hall–Kier alpha value is -2.27. The molecule has 0 fully saturated rings. The normalized spacial score (nSPS) is 10.2. The van der Waals surface area contributed by atoms with E-state index in [-0.39, 0.29) is 5.56 Å². The quantitative estimate of drug-likeness (QED) is 0.869. The topological polar surface area (TPSA) is 72.3 Å². The molecule has 92 valence electrons. The molecule has 0 aliphatic rings. The minimum Gasteiger partial charge on any atom is -0.478 e. The van der Waals surface area contributed by atoms with Crippen molar-refractivity contribution in [2.24, 2.45) is 0 Å². The Morgan fingerprint density at radius 1 is 1.11 bits per heavy atom. The van der Waals surface area contributed by atoms with E-state index in [1.54, 1.807) is 12.3 Å². The van der Waals surface area contributed by atoms with Gasteiger partial charge in [0.2, 0.25) is 0 Å². The summed E-state index contributed by atoms with van der Waals surface area (Å²) in [6, 6.07) is 8.76. The van der Waals surface area contributed by atoms with Crippen molar-refractivity contribution in [1.82, 2.24) is 9.97 Å². The lowest BCUT2D eigenvalue weighted by molar-refractivity contribution is 0.0696. The second-order valence-corrected chi connectivity index (χ2v) is 3.66. The lowest BCUT2D eigenvalue weighted by Crippen LogP contribution is -2.01. The van der Waals surface area contributed by atoms with Crippen LogP contribution in [-0.4, -0.2) is 21.0 Å². The van der Waals surface area contributed by atoms with Gasteiger partial charge in [-0.2, -0.15) is 0 Å². The highest BCUT2D eigenvalue weighted by atomic mass is 16.5. The van der Waals surface area contributed by atoms with E-state index in [2.05, 4.69) is 9.97 Å². The number of ether oxygens (including phenoxy) is 1. The number of carbonyl (C=O) groups is 1. The van der Waals surface area contributed by atoms with Gasteiger partial charge in [0.15, 0.2) is 0 Å². The molecule has 2 aromatic heterocycles. The predicted molar refractivity (Wildman–Crippen MR) is 63.9 cm³/mol. The summed E-state index contributed by atoms with van der Waals surface area (Å²) < 4.78 is 5.43. The molecule has 2 heterocycles. The van der Waals surface area contributed by atoms with Gasteiger partial charge in [0.25, 0.3) is 0 Å². The van der Waals surface area contributed by atoms with Crippen molar-refractivity contribution in [3.63, 3.8) is 0 Å². The maximum atomic E-state index is 10.6. The molecule has 0 bridgehead atoms. The molecule has 5 nitrogen and oxygen atoms in total. The number of nitrogens with zero attached hydrogens (tertiary/aromatic N) is 2. The van der Waals surface area contributed by atoms with Crippen molar-refractivity contribution in [3.05, 3.63) is 59.7 Å². The molecule has 1 N–H and O–H groups in total. The van der Waals surface area contributed by atoms with Crippen LogP contribution >= 0.6 is 0 Å². The molecule has 5 heteroatoms. The van der Waals surface area contributed by atoms with Crippen molar-refractivity contribution in [2.45, 2.75) is 13.2 Å². The first-order valence-corrected chi connectivity index (χ1v) is 5.41. The Morgan fingerprint density at radius 3 is 2.44 bits per heavy atom. The summed E-state index contributed by atoms with van der Waals surface area (Å²) in [6.07, 6.45) is 3.03. The Kier molecular flexibility index (Phi) is 3.98. The third kappa shape index (κ3) is 3.36. The minimum absolute atomic E-state index is 0.170. The average Bonchev–Trinajstić information content (AvgIpc) is 2.40. The zero-order chi connectivity index (χ0) is 12.8. The Morgan fingerprint density at radius 2 is 1.89 bits per heavy atom. The van der Waals surface area contributed by atoms with Gasteiger partial charge in [-0.1, -0.05) is 6.07 Å². The van der Waals surface area contributed by atoms with E-state index < -0.39 is 5.97 Å². The van der Waals surface area contributed by atoms with Crippen LogP contribution in [0.15, 0.2) is 42.7 Å². The molecule has 0 unspecified atom stereocenters. The zero-order valence-electron chi connectivity index (χ0n) is 9.61. The maximum absolute atomic E-state index is 10.6. The molecule has 0 aliphatic carbocycles. The smallest absolute Gasteiger partial charge is 0.337 e. The minimum atomic E-state index is -0.983. The number of rotatable bonds is 5. The van der Waals surface area contributed by atoms with Gasteiger partial charge in [0.05, 0.1) is 30.2 Å². The molecular weight excluding hydrogens is 232 g/mol. The molecule has 0 saturated heterocycles. The van der Waals surface area contributed by atoms with Crippen LogP contribution in [0.2, 0.25) is 0 Å². The molecule has 0 radical (unpaired) electrons. The van der Waals surface area contributed by atoms with Gasteiger partial charge in [0.1, 0.15) is 0 Å². The lowest BCUT2D eigenvalue weighted by Gasteiger charge is -2.03. The van der Waals surface area contributed by atoms with Crippen molar-refractivity contribution >= 4 is 5.97 Å². The lowest BCUT2D eigenvalue weighted by atomic mass is 10.2. The van der Waals surface area contributed by atoms with E-state index in [1.807, 2.05) is 18.2 Å². The zero-order valence-corrected chi connectivity index (χ0v) is 9.61. The summed E-state index contributed by atoms with van der Waals surface area (Å²) in [7, 11) is 0. The molecule has 0 amide bonds. The number of aromatic nitrogens is 2. The average molecular weight is 244 g/mol.